The van der Waals surface area contributed by atoms with E-state index in [0.29, 0.717) is 6.54 Å². The lowest BCUT2D eigenvalue weighted by Crippen LogP contribution is -2.23. The molecule has 0 atom stereocenters. The molecule has 4 heterocycles. The fourth-order valence-corrected chi connectivity index (χ4v) is 5.08. The Labute approximate surface area is 152 Å². The van der Waals surface area contributed by atoms with Gasteiger partial charge in [0.1, 0.15) is 5.03 Å². The Kier molecular flexibility index (Phi) is 4.55. The molecule has 0 bridgehead atoms. The fraction of sp³-hybridized carbons (Fsp3) is 0.176. The van der Waals surface area contributed by atoms with Gasteiger partial charge < -0.3 is 10.2 Å². The molecule has 0 fully saturated rings. The molecule has 4 nitrogen and oxygen atoms in total. The molecule has 0 saturated heterocycles. The molecule has 1 aliphatic rings. The van der Waals surface area contributed by atoms with Crippen molar-refractivity contribution >= 4 is 51.0 Å². The number of thioether (sulfide) groups is 1. The zero-order chi connectivity index (χ0) is 16.4. The molecule has 1 amide bonds. The van der Waals surface area contributed by atoms with Gasteiger partial charge in [-0.2, -0.15) is 0 Å². The number of hydrogen-bond acceptors (Lipinski definition) is 6. The predicted molar refractivity (Wildman–Crippen MR) is 102 cm³/mol. The maximum Gasteiger partial charge on any atom is 0.261 e. The number of aromatic nitrogens is 1. The van der Waals surface area contributed by atoms with Crippen LogP contribution in [-0.2, 0) is 6.54 Å². The van der Waals surface area contributed by atoms with E-state index in [4.69, 9.17) is 0 Å². The van der Waals surface area contributed by atoms with Crippen molar-refractivity contribution in [1.82, 2.24) is 10.3 Å². The summed E-state index contributed by atoms with van der Waals surface area (Å²) in [5.41, 5.74) is 1.13. The molecular formula is C17H15N3OS3. The number of nitrogens with one attached hydrogen (secondary N) is 1. The summed E-state index contributed by atoms with van der Waals surface area (Å²) in [6, 6.07) is 12.0. The normalized spacial score (nSPS) is 13.6. The second kappa shape index (κ2) is 6.96. The largest absolute Gasteiger partial charge is 0.346 e. The minimum Gasteiger partial charge on any atom is -0.346 e. The van der Waals surface area contributed by atoms with E-state index in [0.717, 1.165) is 37.8 Å². The van der Waals surface area contributed by atoms with Crippen LogP contribution < -0.4 is 10.2 Å². The molecule has 122 valence electrons. The Hall–Kier alpha value is -1.83. The van der Waals surface area contributed by atoms with E-state index in [9.17, 15) is 4.79 Å². The van der Waals surface area contributed by atoms with Crippen molar-refractivity contribution in [2.45, 2.75) is 11.6 Å². The van der Waals surface area contributed by atoms with Crippen molar-refractivity contribution in [3.63, 3.8) is 0 Å². The van der Waals surface area contributed by atoms with Gasteiger partial charge in [0.15, 0.2) is 0 Å². The number of carbonyl (C=O) groups is 1. The highest BCUT2D eigenvalue weighted by Gasteiger charge is 2.21. The van der Waals surface area contributed by atoms with Crippen LogP contribution in [0.3, 0.4) is 0 Å². The highest BCUT2D eigenvalue weighted by atomic mass is 32.2. The Morgan fingerprint density at radius 3 is 3.08 bits per heavy atom. The van der Waals surface area contributed by atoms with Crippen LogP contribution >= 0.6 is 34.4 Å². The average molecular weight is 374 g/mol. The molecule has 0 spiro atoms. The van der Waals surface area contributed by atoms with Gasteiger partial charge in [-0.05, 0) is 35.7 Å². The Balaban J connectivity index is 1.50. The SMILES string of the molecule is O=C(NCc1cccs1)c1ccc(N2CCSc3ncccc32)s1. The minimum atomic E-state index is -0.0163. The van der Waals surface area contributed by atoms with Crippen LogP contribution in [0, 0.1) is 0 Å². The van der Waals surface area contributed by atoms with Gasteiger partial charge >= 0.3 is 0 Å². The second-order valence-corrected chi connectivity index (χ2v) is 8.41. The minimum absolute atomic E-state index is 0.0163. The van der Waals surface area contributed by atoms with E-state index in [1.807, 2.05) is 41.9 Å². The molecule has 1 aliphatic heterocycles. The quantitative estimate of drug-likeness (QED) is 0.737. The lowest BCUT2D eigenvalue weighted by Gasteiger charge is -2.28. The van der Waals surface area contributed by atoms with Crippen LogP contribution in [0.1, 0.15) is 14.5 Å². The van der Waals surface area contributed by atoms with Crippen molar-refractivity contribution in [3.05, 3.63) is 57.7 Å². The molecule has 4 rings (SSSR count). The summed E-state index contributed by atoms with van der Waals surface area (Å²) in [6.45, 7) is 1.51. The van der Waals surface area contributed by atoms with Gasteiger partial charge in [-0.3, -0.25) is 4.79 Å². The zero-order valence-corrected chi connectivity index (χ0v) is 15.2. The van der Waals surface area contributed by atoms with Crippen molar-refractivity contribution in [2.75, 3.05) is 17.2 Å². The summed E-state index contributed by atoms with van der Waals surface area (Å²) in [5, 5.41) is 7.15. The Bertz CT molecular complexity index is 844. The van der Waals surface area contributed by atoms with Gasteiger partial charge in [-0.1, -0.05) is 6.07 Å². The van der Waals surface area contributed by atoms with Crippen molar-refractivity contribution < 1.29 is 4.79 Å². The van der Waals surface area contributed by atoms with Gasteiger partial charge in [0.05, 0.1) is 22.1 Å². The molecule has 0 aliphatic carbocycles. The molecule has 0 radical (unpaired) electrons. The number of rotatable bonds is 4. The molecular weight excluding hydrogens is 358 g/mol. The number of nitrogens with zero attached hydrogens (tertiary/aromatic N) is 2. The van der Waals surface area contributed by atoms with E-state index in [-0.39, 0.29) is 5.91 Å². The van der Waals surface area contributed by atoms with Gasteiger partial charge in [-0.15, -0.1) is 34.4 Å². The third-order valence-corrected chi connectivity index (χ3v) is 6.64. The maximum atomic E-state index is 12.4. The van der Waals surface area contributed by atoms with Gasteiger partial charge in [-0.25, -0.2) is 4.98 Å². The first-order valence-electron chi connectivity index (χ1n) is 7.57. The zero-order valence-electron chi connectivity index (χ0n) is 12.8. The standard InChI is InChI=1S/C17H15N3OS3/c21-16(19-11-12-3-2-9-22-12)14-5-6-15(24-14)20-8-10-23-17-13(20)4-1-7-18-17/h1-7,9H,8,10-11H2,(H,19,21). The van der Waals surface area contributed by atoms with E-state index >= 15 is 0 Å². The lowest BCUT2D eigenvalue weighted by molar-refractivity contribution is 0.0955. The highest BCUT2D eigenvalue weighted by molar-refractivity contribution is 7.99. The molecule has 0 unspecified atom stereocenters. The summed E-state index contributed by atoms with van der Waals surface area (Å²) in [5.74, 6) is 0.986. The number of anilines is 2. The number of fused-ring (bicyclic) bond motifs is 1. The first-order valence-corrected chi connectivity index (χ1v) is 10.3. The summed E-state index contributed by atoms with van der Waals surface area (Å²) >= 11 is 4.96. The summed E-state index contributed by atoms with van der Waals surface area (Å²) in [6.07, 6.45) is 1.83. The van der Waals surface area contributed by atoms with E-state index in [1.165, 1.54) is 11.3 Å². The van der Waals surface area contributed by atoms with Crippen LogP contribution in [0.15, 0.2) is 53.0 Å². The third-order valence-electron chi connectivity index (χ3n) is 3.68. The summed E-state index contributed by atoms with van der Waals surface area (Å²) < 4.78 is 0. The number of carbonyl (C=O) groups excluding carboxylic acids is 1. The number of thiophene rings is 2. The molecule has 24 heavy (non-hydrogen) atoms. The topological polar surface area (TPSA) is 45.2 Å². The van der Waals surface area contributed by atoms with Gasteiger partial charge in [0.25, 0.3) is 5.91 Å². The van der Waals surface area contributed by atoms with E-state index in [1.54, 1.807) is 23.1 Å². The molecule has 3 aromatic heterocycles. The molecule has 1 N–H and O–H groups in total. The molecule has 3 aromatic rings. The Morgan fingerprint density at radius 1 is 1.25 bits per heavy atom. The number of pyridine rings is 1. The first-order chi connectivity index (χ1) is 11.8. The average Bonchev–Trinajstić information content (AvgIpc) is 3.31. The highest BCUT2D eigenvalue weighted by Crippen LogP contribution is 2.39. The lowest BCUT2D eigenvalue weighted by atomic mass is 10.3. The molecule has 7 heteroatoms. The maximum absolute atomic E-state index is 12.4. The van der Waals surface area contributed by atoms with Gasteiger partial charge in [0.2, 0.25) is 0 Å². The smallest absolute Gasteiger partial charge is 0.261 e. The van der Waals surface area contributed by atoms with Crippen LogP contribution in [-0.4, -0.2) is 23.2 Å². The summed E-state index contributed by atoms with van der Waals surface area (Å²) in [4.78, 5) is 20.9. The Morgan fingerprint density at radius 2 is 2.21 bits per heavy atom. The van der Waals surface area contributed by atoms with Crippen LogP contribution in [0.5, 0.6) is 0 Å². The van der Waals surface area contributed by atoms with Gasteiger partial charge in [0, 0.05) is 23.4 Å². The summed E-state index contributed by atoms with van der Waals surface area (Å²) in [7, 11) is 0. The van der Waals surface area contributed by atoms with E-state index < -0.39 is 0 Å². The first kappa shape index (κ1) is 15.7. The van der Waals surface area contributed by atoms with Crippen molar-refractivity contribution in [3.8, 4) is 0 Å². The number of amides is 1. The predicted octanol–water partition coefficient (Wildman–Crippen LogP) is 4.38. The van der Waals surface area contributed by atoms with E-state index in [2.05, 4.69) is 21.3 Å². The third kappa shape index (κ3) is 3.19. The second-order valence-electron chi connectivity index (χ2n) is 5.23. The van der Waals surface area contributed by atoms with Crippen molar-refractivity contribution in [1.29, 1.82) is 0 Å². The number of hydrogen-bond donors (Lipinski definition) is 1. The van der Waals surface area contributed by atoms with Crippen LogP contribution in [0.25, 0.3) is 0 Å². The monoisotopic (exact) mass is 373 g/mol. The molecule has 0 saturated carbocycles. The van der Waals surface area contributed by atoms with Crippen LogP contribution in [0.4, 0.5) is 10.7 Å². The van der Waals surface area contributed by atoms with Crippen molar-refractivity contribution in [2.24, 2.45) is 0 Å². The van der Waals surface area contributed by atoms with Crippen LogP contribution in [0.2, 0.25) is 0 Å². The molecule has 0 aromatic carbocycles. The fourth-order valence-electron chi connectivity index (χ4n) is 2.54.